The summed E-state index contributed by atoms with van der Waals surface area (Å²) < 4.78 is 53.0. The third kappa shape index (κ3) is 5.92. The topological polar surface area (TPSA) is 127 Å². The molecular formula is C22H28F3N7O3. The monoisotopic (exact) mass is 495 g/mol. The lowest BCUT2D eigenvalue weighted by atomic mass is 10.0. The van der Waals surface area contributed by atoms with Gasteiger partial charge in [-0.15, -0.1) is 0 Å². The lowest BCUT2D eigenvalue weighted by Crippen LogP contribution is -2.29. The van der Waals surface area contributed by atoms with Gasteiger partial charge in [-0.25, -0.2) is 0 Å². The van der Waals surface area contributed by atoms with E-state index in [1.807, 2.05) is 0 Å². The Kier molecular flexibility index (Phi) is 7.57. The summed E-state index contributed by atoms with van der Waals surface area (Å²) in [5.74, 6) is 5.42. The highest BCUT2D eigenvalue weighted by molar-refractivity contribution is 5.83. The number of nitrogens with zero attached hydrogens (tertiary/aromatic N) is 5. The molecule has 10 nitrogen and oxygen atoms in total. The van der Waals surface area contributed by atoms with Crippen molar-refractivity contribution in [1.82, 2.24) is 24.4 Å². The molecule has 0 saturated carbocycles. The Hall–Kier alpha value is -3.16. The lowest BCUT2D eigenvalue weighted by Gasteiger charge is -2.27. The molecule has 0 unspecified atom stereocenters. The number of nitrogen functional groups attached to an aromatic ring is 1. The predicted octanol–water partition coefficient (Wildman–Crippen LogP) is 2.74. The number of likely N-dealkylation sites (tertiary alicyclic amines) is 1. The number of methoxy groups -OCH3 is 1. The van der Waals surface area contributed by atoms with Crippen molar-refractivity contribution in [3.63, 3.8) is 0 Å². The van der Waals surface area contributed by atoms with Gasteiger partial charge in [-0.05, 0) is 49.2 Å². The number of anilines is 1. The van der Waals surface area contributed by atoms with Gasteiger partial charge in [0.15, 0.2) is 17.0 Å². The highest BCUT2D eigenvalue weighted by atomic mass is 19.4. The minimum atomic E-state index is -4.49. The number of imidazole rings is 1. The molecule has 1 fully saturated rings. The fourth-order valence-corrected chi connectivity index (χ4v) is 4.16. The average molecular weight is 496 g/mol. The number of rotatable bonds is 9. The van der Waals surface area contributed by atoms with Crippen LogP contribution in [-0.2, 0) is 24.0 Å². The van der Waals surface area contributed by atoms with Crippen LogP contribution in [0.5, 0.6) is 12.0 Å². The number of ether oxygens (including phenoxy) is 2. The average Bonchev–Trinajstić information content (AvgIpc) is 3.17. The largest absolute Gasteiger partial charge is 0.461 e. The molecule has 3 heterocycles. The first-order chi connectivity index (χ1) is 16.8. The first kappa shape index (κ1) is 24.9. The van der Waals surface area contributed by atoms with Crippen molar-refractivity contribution in [3.8, 4) is 12.0 Å². The number of benzene rings is 1. The van der Waals surface area contributed by atoms with Crippen LogP contribution in [0.4, 0.5) is 19.0 Å². The molecule has 0 spiro atoms. The van der Waals surface area contributed by atoms with E-state index in [4.69, 9.17) is 25.9 Å². The maximum absolute atomic E-state index is 13.7. The normalized spacial score (nSPS) is 15.0. The van der Waals surface area contributed by atoms with Crippen LogP contribution in [0.3, 0.4) is 0 Å². The molecule has 4 rings (SSSR count). The Bertz CT molecular complexity index is 1160. The van der Waals surface area contributed by atoms with Crippen LogP contribution < -0.4 is 21.2 Å². The summed E-state index contributed by atoms with van der Waals surface area (Å²) in [6, 6.07) is 3.96. The fourth-order valence-electron chi connectivity index (χ4n) is 4.16. The molecule has 0 radical (unpaired) electrons. The summed E-state index contributed by atoms with van der Waals surface area (Å²) in [6.07, 6.45) is -1.27. The van der Waals surface area contributed by atoms with E-state index in [9.17, 15) is 13.2 Å². The molecule has 3 aromatic rings. The smallest absolute Gasteiger partial charge is 0.416 e. The van der Waals surface area contributed by atoms with E-state index < -0.39 is 11.7 Å². The van der Waals surface area contributed by atoms with Crippen molar-refractivity contribution in [1.29, 1.82) is 0 Å². The quantitative estimate of drug-likeness (QED) is 0.340. The summed E-state index contributed by atoms with van der Waals surface area (Å²) in [4.78, 5) is 19.6. The first-order valence-corrected chi connectivity index (χ1v) is 11.2. The van der Waals surface area contributed by atoms with Crippen molar-refractivity contribution in [2.24, 2.45) is 5.90 Å². The molecule has 1 aromatic carbocycles. The van der Waals surface area contributed by atoms with Crippen molar-refractivity contribution in [2.75, 3.05) is 39.1 Å². The maximum Gasteiger partial charge on any atom is 0.416 e. The summed E-state index contributed by atoms with van der Waals surface area (Å²) >= 11 is 0. The minimum absolute atomic E-state index is 0.0217. The Labute approximate surface area is 199 Å². The van der Waals surface area contributed by atoms with Gasteiger partial charge >= 0.3 is 18.2 Å². The summed E-state index contributed by atoms with van der Waals surface area (Å²) in [5, 5.41) is 0. The second-order valence-electron chi connectivity index (χ2n) is 8.38. The molecule has 1 aliphatic rings. The number of hydrogen-bond acceptors (Lipinski definition) is 9. The predicted molar refractivity (Wildman–Crippen MR) is 122 cm³/mol. The number of hydrogen-bond donors (Lipinski definition) is 2. The van der Waals surface area contributed by atoms with E-state index in [-0.39, 0.29) is 42.2 Å². The number of piperidine rings is 1. The SMILES string of the molecule is COCCOc1nc(N)c2nc(ON)n(Cc3cc(CN4CCCCC4)cc(C(F)(F)F)c3)c2n1. The standard InChI is InChI=1S/C22H28F3N7O3/c1-33-7-8-34-20-29-18(26)17-19(30-20)32(21(28-17)35-27)13-15-9-14(10-16(11-15)22(23,24)25)12-31-5-3-2-4-6-31/h9-11H,2-8,12-13,27H2,1H3,(H2,26,29,30). The molecule has 190 valence electrons. The van der Waals surface area contributed by atoms with Crippen molar-refractivity contribution in [3.05, 3.63) is 34.9 Å². The van der Waals surface area contributed by atoms with Gasteiger partial charge in [0.05, 0.1) is 18.7 Å². The van der Waals surface area contributed by atoms with E-state index in [1.165, 1.54) is 17.7 Å². The zero-order valence-corrected chi connectivity index (χ0v) is 19.3. The Morgan fingerprint density at radius 3 is 2.34 bits per heavy atom. The number of alkyl halides is 3. The highest BCUT2D eigenvalue weighted by Crippen LogP contribution is 2.32. The van der Waals surface area contributed by atoms with Crippen LogP contribution in [-0.4, -0.2) is 57.8 Å². The minimum Gasteiger partial charge on any atom is -0.461 e. The zero-order chi connectivity index (χ0) is 25.0. The Morgan fingerprint density at radius 1 is 0.971 bits per heavy atom. The third-order valence-electron chi connectivity index (χ3n) is 5.77. The second kappa shape index (κ2) is 10.6. The number of nitrogens with two attached hydrogens (primary N) is 2. The van der Waals surface area contributed by atoms with Crippen molar-refractivity contribution in [2.45, 2.75) is 38.5 Å². The van der Waals surface area contributed by atoms with Crippen LogP contribution in [0.15, 0.2) is 18.2 Å². The third-order valence-corrected chi connectivity index (χ3v) is 5.77. The van der Waals surface area contributed by atoms with Gasteiger partial charge in [-0.1, -0.05) is 12.5 Å². The van der Waals surface area contributed by atoms with Crippen LogP contribution in [0.2, 0.25) is 0 Å². The molecular weight excluding hydrogens is 467 g/mol. The van der Waals surface area contributed by atoms with E-state index in [1.54, 1.807) is 6.07 Å². The molecule has 1 saturated heterocycles. The lowest BCUT2D eigenvalue weighted by molar-refractivity contribution is -0.137. The van der Waals surface area contributed by atoms with E-state index >= 15 is 0 Å². The maximum atomic E-state index is 13.7. The Balaban J connectivity index is 1.71. The van der Waals surface area contributed by atoms with Crippen LogP contribution >= 0.6 is 0 Å². The molecule has 4 N–H and O–H groups in total. The highest BCUT2D eigenvalue weighted by Gasteiger charge is 2.31. The zero-order valence-electron chi connectivity index (χ0n) is 19.3. The Morgan fingerprint density at radius 2 is 1.69 bits per heavy atom. The second-order valence-corrected chi connectivity index (χ2v) is 8.38. The van der Waals surface area contributed by atoms with Gasteiger partial charge in [0, 0.05) is 13.7 Å². The summed E-state index contributed by atoms with van der Waals surface area (Å²) in [6.45, 7) is 2.63. The van der Waals surface area contributed by atoms with Gasteiger partial charge < -0.3 is 20.0 Å². The first-order valence-electron chi connectivity index (χ1n) is 11.2. The molecule has 2 aromatic heterocycles. The number of halogens is 3. The molecule has 0 bridgehead atoms. The van der Waals surface area contributed by atoms with Gasteiger partial charge in [0.25, 0.3) is 0 Å². The van der Waals surface area contributed by atoms with Crippen molar-refractivity contribution < 1.29 is 27.5 Å². The van der Waals surface area contributed by atoms with Crippen LogP contribution in [0, 0.1) is 0 Å². The van der Waals surface area contributed by atoms with Crippen LogP contribution in [0.25, 0.3) is 11.2 Å². The molecule has 13 heteroatoms. The van der Waals surface area contributed by atoms with Gasteiger partial charge in [0.2, 0.25) is 0 Å². The molecule has 0 amide bonds. The number of aromatic nitrogens is 4. The molecule has 35 heavy (non-hydrogen) atoms. The molecule has 0 aliphatic carbocycles. The number of fused-ring (bicyclic) bond motifs is 1. The van der Waals surface area contributed by atoms with Gasteiger partial charge in [0.1, 0.15) is 6.61 Å². The molecule has 1 aliphatic heterocycles. The van der Waals surface area contributed by atoms with E-state index in [0.717, 1.165) is 38.4 Å². The van der Waals surface area contributed by atoms with Gasteiger partial charge in [-0.3, -0.25) is 9.47 Å². The van der Waals surface area contributed by atoms with E-state index in [0.29, 0.717) is 24.3 Å². The van der Waals surface area contributed by atoms with Crippen LogP contribution in [0.1, 0.15) is 36.0 Å². The van der Waals surface area contributed by atoms with E-state index in [2.05, 4.69) is 19.9 Å². The summed E-state index contributed by atoms with van der Waals surface area (Å²) in [5.41, 5.74) is 6.68. The molecule has 0 atom stereocenters. The summed E-state index contributed by atoms with van der Waals surface area (Å²) in [7, 11) is 1.52. The van der Waals surface area contributed by atoms with Gasteiger partial charge in [-0.2, -0.15) is 34.0 Å². The van der Waals surface area contributed by atoms with Crippen molar-refractivity contribution >= 4 is 17.0 Å². The fraction of sp³-hybridized carbons (Fsp3) is 0.500.